The molecule has 5 heavy (non-hydrogen) atoms. The summed E-state index contributed by atoms with van der Waals surface area (Å²) in [5.74, 6) is 0. The first-order chi connectivity index (χ1) is 2.41. The van der Waals surface area contributed by atoms with E-state index in [-0.39, 0.29) is 10.2 Å². The average molecular weight is 110 g/mol. The van der Waals surface area contributed by atoms with Gasteiger partial charge in [-0.15, -0.1) is 0 Å². The maximum atomic E-state index is 8.66. The first kappa shape index (κ1) is 8.97. The molecule has 0 aromatic carbocycles. The van der Waals surface area contributed by atoms with Gasteiger partial charge in [0, 0.05) is 11.2 Å². The van der Waals surface area contributed by atoms with Crippen LogP contribution in [0.25, 0.3) is 0 Å². The highest BCUT2D eigenvalue weighted by Gasteiger charge is 1.06. The lowest BCUT2D eigenvalue weighted by Gasteiger charge is -1.07. The molecule has 0 fully saturated rings. The number of rotatable bonds is 0. The van der Waals surface area contributed by atoms with E-state index < -0.39 is 0 Å². The highest BCUT2D eigenvalue weighted by Crippen LogP contribution is 1.14. The Bertz CT molecular complexity index is 28.6. The first-order valence-electron chi connectivity index (χ1n) is 1.33. The third kappa shape index (κ3) is 369. The average Bonchev–Trinajstić information content (AvgIpc) is 1.46. The van der Waals surface area contributed by atoms with E-state index in [1.165, 1.54) is 0 Å². The van der Waals surface area contributed by atoms with Gasteiger partial charge in [-0.05, 0) is 0 Å². The molecule has 0 saturated carbocycles. The molecule has 3 heteroatoms. The molecule has 0 aliphatic rings. The summed E-state index contributed by atoms with van der Waals surface area (Å²) in [6.45, 7) is 4.00. The minimum Gasteiger partial charge on any atom is -0.200 e. The lowest BCUT2D eigenvalue weighted by Crippen LogP contribution is -1.10. The second-order valence-electron chi connectivity index (χ2n) is 0.0680. The summed E-state index contributed by atoms with van der Waals surface area (Å²) in [5, 5.41) is 0. The predicted octanol–water partition coefficient (Wildman–Crippen LogP) is 0.688. The molecule has 0 spiro atoms. The summed E-state index contributed by atoms with van der Waals surface area (Å²) in [4.78, 5) is 0. The molecule has 0 aromatic heterocycles. The van der Waals surface area contributed by atoms with Crippen LogP contribution in [0.15, 0.2) is 0 Å². The smallest absolute Gasteiger partial charge is 0.168 e. The van der Waals surface area contributed by atoms with Crippen LogP contribution in [-0.2, 0) is 21.4 Å². The Balaban J connectivity index is 0. The second kappa shape index (κ2) is 28.9. The minimum atomic E-state index is 0.0833. The molecule has 0 bridgehead atoms. The normalized spacial score (nSPS) is 3.60. The second-order valence-corrected chi connectivity index (χ2v) is 0.612. The van der Waals surface area contributed by atoms with Gasteiger partial charge in [-0.3, -0.25) is 0 Å². The molecule has 0 aliphatic carbocycles. The SMILES string of the molecule is CC.O=S=S. The molecule has 0 radical (unpaired) electrons. The molecule has 0 heterocycles. The fraction of sp³-hybridized carbons (Fsp3) is 1.00. The molecule has 32 valence electrons. The fourth-order valence-corrected chi connectivity index (χ4v) is 0. The summed E-state index contributed by atoms with van der Waals surface area (Å²) in [6, 6.07) is 0. The van der Waals surface area contributed by atoms with Crippen molar-refractivity contribution in [3.05, 3.63) is 0 Å². The highest BCUT2D eigenvalue weighted by atomic mass is 32.8. The van der Waals surface area contributed by atoms with Crippen LogP contribution in [0.4, 0.5) is 0 Å². The van der Waals surface area contributed by atoms with Gasteiger partial charge >= 0.3 is 0 Å². The fourth-order valence-electron chi connectivity index (χ4n) is 0. The van der Waals surface area contributed by atoms with Crippen molar-refractivity contribution in [2.45, 2.75) is 13.8 Å². The van der Waals surface area contributed by atoms with Crippen LogP contribution in [0, 0.1) is 0 Å². The molecule has 0 aliphatic heterocycles. The highest BCUT2D eigenvalue weighted by molar-refractivity contribution is 8.11. The lowest BCUT2D eigenvalue weighted by atomic mass is 11.0. The van der Waals surface area contributed by atoms with Crippen molar-refractivity contribution in [1.82, 2.24) is 0 Å². The Kier molecular flexibility index (Phi) is 52.0. The Morgan fingerprint density at radius 1 is 1.60 bits per heavy atom. The summed E-state index contributed by atoms with van der Waals surface area (Å²) >= 11 is 3.75. The van der Waals surface area contributed by atoms with Crippen molar-refractivity contribution in [2.24, 2.45) is 0 Å². The van der Waals surface area contributed by atoms with Gasteiger partial charge in [-0.2, -0.15) is 4.21 Å². The van der Waals surface area contributed by atoms with Crippen molar-refractivity contribution < 1.29 is 4.21 Å². The van der Waals surface area contributed by atoms with Gasteiger partial charge in [0.1, 0.15) is 0 Å². The van der Waals surface area contributed by atoms with Crippen LogP contribution in [0.2, 0.25) is 0 Å². The molecule has 0 rings (SSSR count). The topological polar surface area (TPSA) is 17.1 Å². The van der Waals surface area contributed by atoms with Crippen molar-refractivity contribution in [1.29, 1.82) is 0 Å². The lowest BCUT2D eigenvalue weighted by molar-refractivity contribution is 0.702. The van der Waals surface area contributed by atoms with E-state index in [1.807, 2.05) is 13.8 Å². The molecule has 0 aromatic rings. The van der Waals surface area contributed by atoms with Crippen LogP contribution in [-0.4, -0.2) is 4.21 Å². The maximum absolute atomic E-state index is 8.66. The van der Waals surface area contributed by atoms with Gasteiger partial charge in [0.25, 0.3) is 0 Å². The third-order valence-electron chi connectivity index (χ3n) is 0. The van der Waals surface area contributed by atoms with Crippen molar-refractivity contribution in [2.75, 3.05) is 0 Å². The van der Waals surface area contributed by atoms with E-state index in [2.05, 4.69) is 11.2 Å². The van der Waals surface area contributed by atoms with Gasteiger partial charge in [0.2, 0.25) is 0 Å². The summed E-state index contributed by atoms with van der Waals surface area (Å²) < 4.78 is 8.66. The van der Waals surface area contributed by atoms with Crippen LogP contribution in [0.1, 0.15) is 13.8 Å². The van der Waals surface area contributed by atoms with E-state index in [0.717, 1.165) is 0 Å². The van der Waals surface area contributed by atoms with E-state index in [4.69, 9.17) is 4.21 Å². The maximum Gasteiger partial charge on any atom is 0.168 e. The van der Waals surface area contributed by atoms with Crippen molar-refractivity contribution in [3.63, 3.8) is 0 Å². The largest absolute Gasteiger partial charge is 0.200 e. The van der Waals surface area contributed by atoms with Gasteiger partial charge in [0.15, 0.2) is 10.2 Å². The Labute approximate surface area is 40.1 Å². The van der Waals surface area contributed by atoms with E-state index in [1.54, 1.807) is 0 Å². The Morgan fingerprint density at radius 3 is 1.60 bits per heavy atom. The van der Waals surface area contributed by atoms with Gasteiger partial charge < -0.3 is 0 Å². The standard InChI is InChI=1S/C2H6.OS2/c1-2;1-3-2/h1-2H3;. The van der Waals surface area contributed by atoms with Gasteiger partial charge in [-0.1, -0.05) is 13.8 Å². The molecule has 0 saturated heterocycles. The predicted molar refractivity (Wildman–Crippen MR) is 26.9 cm³/mol. The molecular formula is C2H6OS2. The number of hydrogen-bond acceptors (Lipinski definition) is 2. The van der Waals surface area contributed by atoms with Crippen LogP contribution in [0.3, 0.4) is 0 Å². The monoisotopic (exact) mass is 110 g/mol. The van der Waals surface area contributed by atoms with E-state index >= 15 is 0 Å². The number of hydrogen-bond donors (Lipinski definition) is 0. The Morgan fingerprint density at radius 2 is 1.60 bits per heavy atom. The van der Waals surface area contributed by atoms with E-state index in [0.29, 0.717) is 0 Å². The molecule has 0 unspecified atom stereocenters. The van der Waals surface area contributed by atoms with Crippen molar-refractivity contribution >= 4 is 21.4 Å². The summed E-state index contributed by atoms with van der Waals surface area (Å²) in [5.41, 5.74) is 0. The van der Waals surface area contributed by atoms with Crippen LogP contribution < -0.4 is 0 Å². The zero-order chi connectivity index (χ0) is 4.71. The van der Waals surface area contributed by atoms with Gasteiger partial charge in [0.05, 0.1) is 0 Å². The summed E-state index contributed by atoms with van der Waals surface area (Å²) in [6.07, 6.45) is 0. The molecule has 1 nitrogen and oxygen atoms in total. The quantitative estimate of drug-likeness (QED) is 0.456. The van der Waals surface area contributed by atoms with Crippen LogP contribution in [0.5, 0.6) is 0 Å². The van der Waals surface area contributed by atoms with E-state index in [9.17, 15) is 0 Å². The van der Waals surface area contributed by atoms with Crippen molar-refractivity contribution in [3.8, 4) is 0 Å². The first-order valence-corrected chi connectivity index (χ1v) is 3.00. The van der Waals surface area contributed by atoms with Gasteiger partial charge in [-0.25, -0.2) is 0 Å². The molecule has 0 N–H and O–H groups in total. The molecule has 0 atom stereocenters. The zero-order valence-corrected chi connectivity index (χ0v) is 4.86. The zero-order valence-electron chi connectivity index (χ0n) is 3.22. The molecule has 0 amide bonds. The summed E-state index contributed by atoms with van der Waals surface area (Å²) in [7, 11) is 0.0833. The Hall–Kier alpha value is 0.240. The minimum absolute atomic E-state index is 0.0833. The molecular weight excluding hydrogens is 104 g/mol. The van der Waals surface area contributed by atoms with Crippen LogP contribution >= 0.6 is 0 Å². The third-order valence-corrected chi connectivity index (χ3v) is 0.